The van der Waals surface area contributed by atoms with Crippen LogP contribution in [-0.2, 0) is 0 Å². The lowest BCUT2D eigenvalue weighted by Gasteiger charge is -2.11. The van der Waals surface area contributed by atoms with Gasteiger partial charge in [0.2, 0.25) is 5.88 Å². The van der Waals surface area contributed by atoms with Gasteiger partial charge in [-0.05, 0) is 18.2 Å². The Morgan fingerprint density at radius 1 is 0.828 bits per heavy atom. The monoisotopic (exact) mass is 399 g/mol. The third kappa shape index (κ3) is 3.11. The molecule has 140 valence electrons. The standard InChI is InChI=1S/C23H14ClN3O2/c24-17-11-12-19-18(13-17)23(28)27(22(25-19)16-9-5-2-6-10-16)21-14-20(26-29-21)15-7-3-1-4-8-15/h1-14H. The van der Waals surface area contributed by atoms with Crippen molar-refractivity contribution in [2.24, 2.45) is 0 Å². The molecule has 0 saturated heterocycles. The molecule has 2 aromatic heterocycles. The highest BCUT2D eigenvalue weighted by Crippen LogP contribution is 2.26. The van der Waals surface area contributed by atoms with Crippen LogP contribution in [-0.4, -0.2) is 14.7 Å². The summed E-state index contributed by atoms with van der Waals surface area (Å²) in [6.45, 7) is 0. The summed E-state index contributed by atoms with van der Waals surface area (Å²) in [5.41, 5.74) is 2.62. The highest BCUT2D eigenvalue weighted by Gasteiger charge is 2.18. The summed E-state index contributed by atoms with van der Waals surface area (Å²) in [5.74, 6) is 0.767. The summed E-state index contributed by atoms with van der Waals surface area (Å²) in [6.07, 6.45) is 0. The van der Waals surface area contributed by atoms with Crippen LogP contribution in [0.2, 0.25) is 5.02 Å². The molecule has 0 atom stereocenters. The molecule has 0 saturated carbocycles. The minimum Gasteiger partial charge on any atom is -0.337 e. The normalized spacial score (nSPS) is 11.1. The van der Waals surface area contributed by atoms with Gasteiger partial charge in [-0.15, -0.1) is 0 Å². The van der Waals surface area contributed by atoms with Gasteiger partial charge in [-0.3, -0.25) is 4.79 Å². The van der Waals surface area contributed by atoms with E-state index in [9.17, 15) is 4.79 Å². The Morgan fingerprint density at radius 2 is 1.52 bits per heavy atom. The quantitative estimate of drug-likeness (QED) is 0.409. The molecule has 0 spiro atoms. The molecule has 2 heterocycles. The molecule has 6 heteroatoms. The molecular weight excluding hydrogens is 386 g/mol. The lowest BCUT2D eigenvalue weighted by Crippen LogP contribution is -2.21. The molecule has 0 aliphatic heterocycles. The SMILES string of the molecule is O=c1c2cc(Cl)ccc2nc(-c2ccccc2)n1-c1cc(-c2ccccc2)no1. The second-order valence-electron chi connectivity index (χ2n) is 6.52. The first-order chi connectivity index (χ1) is 14.2. The fraction of sp³-hybridized carbons (Fsp3) is 0. The Morgan fingerprint density at radius 3 is 2.24 bits per heavy atom. The van der Waals surface area contributed by atoms with Crippen LogP contribution in [0.1, 0.15) is 0 Å². The van der Waals surface area contributed by atoms with Gasteiger partial charge in [0, 0.05) is 22.2 Å². The number of fused-ring (bicyclic) bond motifs is 1. The summed E-state index contributed by atoms with van der Waals surface area (Å²) in [6, 6.07) is 26.0. The summed E-state index contributed by atoms with van der Waals surface area (Å²) in [7, 11) is 0. The van der Waals surface area contributed by atoms with Crippen LogP contribution in [0.3, 0.4) is 0 Å². The van der Waals surface area contributed by atoms with E-state index in [1.165, 1.54) is 4.57 Å². The predicted octanol–water partition coefficient (Wildman–Crippen LogP) is 5.36. The van der Waals surface area contributed by atoms with Crippen molar-refractivity contribution in [2.45, 2.75) is 0 Å². The van der Waals surface area contributed by atoms with Gasteiger partial charge >= 0.3 is 0 Å². The molecule has 0 radical (unpaired) electrons. The summed E-state index contributed by atoms with van der Waals surface area (Å²) < 4.78 is 7.01. The smallest absolute Gasteiger partial charge is 0.268 e. The number of aromatic nitrogens is 3. The van der Waals surface area contributed by atoms with E-state index in [-0.39, 0.29) is 5.56 Å². The summed E-state index contributed by atoms with van der Waals surface area (Å²) in [4.78, 5) is 18.1. The molecule has 0 aliphatic rings. The van der Waals surface area contributed by atoms with E-state index in [1.807, 2.05) is 60.7 Å². The fourth-order valence-electron chi connectivity index (χ4n) is 3.26. The molecule has 0 aliphatic carbocycles. The minimum atomic E-state index is -0.271. The molecule has 3 aromatic carbocycles. The van der Waals surface area contributed by atoms with E-state index in [0.717, 1.165) is 11.1 Å². The van der Waals surface area contributed by atoms with Crippen LogP contribution in [0.15, 0.2) is 94.2 Å². The highest BCUT2D eigenvalue weighted by atomic mass is 35.5. The Hall–Kier alpha value is -3.70. The van der Waals surface area contributed by atoms with E-state index < -0.39 is 0 Å². The Kier molecular flexibility index (Phi) is 4.22. The second-order valence-corrected chi connectivity index (χ2v) is 6.96. The minimum absolute atomic E-state index is 0.271. The highest BCUT2D eigenvalue weighted by molar-refractivity contribution is 6.31. The predicted molar refractivity (Wildman–Crippen MR) is 113 cm³/mol. The van der Waals surface area contributed by atoms with Crippen LogP contribution in [0.4, 0.5) is 0 Å². The molecular formula is C23H14ClN3O2. The van der Waals surface area contributed by atoms with E-state index in [1.54, 1.807) is 24.3 Å². The molecule has 0 unspecified atom stereocenters. The van der Waals surface area contributed by atoms with Gasteiger partial charge in [0.25, 0.3) is 5.56 Å². The average molecular weight is 400 g/mol. The number of rotatable bonds is 3. The van der Waals surface area contributed by atoms with Gasteiger partial charge in [0.1, 0.15) is 5.69 Å². The Balaban J connectivity index is 1.79. The van der Waals surface area contributed by atoms with Crippen LogP contribution >= 0.6 is 11.6 Å². The largest absolute Gasteiger partial charge is 0.337 e. The van der Waals surface area contributed by atoms with Crippen molar-refractivity contribution in [1.82, 2.24) is 14.7 Å². The third-order valence-electron chi connectivity index (χ3n) is 4.65. The first kappa shape index (κ1) is 17.4. The van der Waals surface area contributed by atoms with E-state index in [0.29, 0.717) is 33.3 Å². The van der Waals surface area contributed by atoms with Crippen LogP contribution < -0.4 is 5.56 Å². The van der Waals surface area contributed by atoms with Crippen molar-refractivity contribution in [3.05, 3.63) is 100 Å². The van der Waals surface area contributed by atoms with Gasteiger partial charge in [-0.1, -0.05) is 77.4 Å². The maximum absolute atomic E-state index is 13.4. The van der Waals surface area contributed by atoms with Crippen LogP contribution in [0.25, 0.3) is 39.4 Å². The van der Waals surface area contributed by atoms with Crippen LogP contribution in [0, 0.1) is 0 Å². The Labute approximate surface area is 170 Å². The van der Waals surface area contributed by atoms with E-state index in [2.05, 4.69) is 5.16 Å². The van der Waals surface area contributed by atoms with E-state index >= 15 is 0 Å². The molecule has 5 nitrogen and oxygen atoms in total. The van der Waals surface area contributed by atoms with Crippen molar-refractivity contribution in [3.63, 3.8) is 0 Å². The van der Waals surface area contributed by atoms with Crippen molar-refractivity contribution in [1.29, 1.82) is 0 Å². The van der Waals surface area contributed by atoms with Gasteiger partial charge in [-0.2, -0.15) is 0 Å². The summed E-state index contributed by atoms with van der Waals surface area (Å²) in [5, 5.41) is 5.03. The zero-order chi connectivity index (χ0) is 19.8. The summed E-state index contributed by atoms with van der Waals surface area (Å²) >= 11 is 6.12. The number of benzene rings is 3. The van der Waals surface area contributed by atoms with Gasteiger partial charge < -0.3 is 4.52 Å². The fourth-order valence-corrected chi connectivity index (χ4v) is 3.43. The molecule has 5 rings (SSSR count). The van der Waals surface area contributed by atoms with Crippen molar-refractivity contribution in [3.8, 4) is 28.5 Å². The lowest BCUT2D eigenvalue weighted by molar-refractivity contribution is 0.406. The Bertz CT molecular complexity index is 1380. The number of halogens is 1. The zero-order valence-electron chi connectivity index (χ0n) is 15.1. The van der Waals surface area contributed by atoms with Crippen molar-refractivity contribution < 1.29 is 4.52 Å². The van der Waals surface area contributed by atoms with Crippen LogP contribution in [0.5, 0.6) is 0 Å². The lowest BCUT2D eigenvalue weighted by atomic mass is 10.1. The van der Waals surface area contributed by atoms with Gasteiger partial charge in [0.05, 0.1) is 10.9 Å². The van der Waals surface area contributed by atoms with E-state index in [4.69, 9.17) is 21.1 Å². The molecule has 0 bridgehead atoms. The second kappa shape index (κ2) is 7.04. The van der Waals surface area contributed by atoms with Crippen molar-refractivity contribution >= 4 is 22.5 Å². The van der Waals surface area contributed by atoms with Gasteiger partial charge in [-0.25, -0.2) is 9.55 Å². The third-order valence-corrected chi connectivity index (χ3v) is 4.88. The first-order valence-electron chi connectivity index (χ1n) is 9.01. The average Bonchev–Trinajstić information content (AvgIpc) is 3.25. The first-order valence-corrected chi connectivity index (χ1v) is 9.39. The number of nitrogens with zero attached hydrogens (tertiary/aromatic N) is 3. The molecule has 0 N–H and O–H groups in total. The molecule has 0 fully saturated rings. The zero-order valence-corrected chi connectivity index (χ0v) is 15.9. The number of hydrogen-bond donors (Lipinski definition) is 0. The number of hydrogen-bond acceptors (Lipinski definition) is 4. The van der Waals surface area contributed by atoms with Crippen molar-refractivity contribution in [2.75, 3.05) is 0 Å². The maximum Gasteiger partial charge on any atom is 0.268 e. The molecule has 29 heavy (non-hydrogen) atoms. The van der Waals surface area contributed by atoms with Gasteiger partial charge in [0.15, 0.2) is 5.82 Å². The topological polar surface area (TPSA) is 60.9 Å². The molecule has 5 aromatic rings. The molecule has 0 amide bonds. The maximum atomic E-state index is 13.4.